The van der Waals surface area contributed by atoms with E-state index in [0.717, 1.165) is 16.7 Å². The first-order valence-corrected chi connectivity index (χ1v) is 5.16. The summed E-state index contributed by atoms with van der Waals surface area (Å²) in [7, 11) is 0. The molecule has 1 unspecified atom stereocenters. The Labute approximate surface area is 85.4 Å². The number of nitrogens with zero attached hydrogens (tertiary/aromatic N) is 1. The summed E-state index contributed by atoms with van der Waals surface area (Å²) in [5.41, 5.74) is 0. The van der Waals surface area contributed by atoms with Gasteiger partial charge in [0, 0.05) is 18.9 Å². The minimum absolute atomic E-state index is 0.355. The fourth-order valence-electron chi connectivity index (χ4n) is 1.20. The van der Waals surface area contributed by atoms with Crippen LogP contribution in [0, 0.1) is 0 Å². The summed E-state index contributed by atoms with van der Waals surface area (Å²) in [4.78, 5) is 34.0. The van der Waals surface area contributed by atoms with Crippen LogP contribution in [0.2, 0.25) is 0 Å². The quantitative estimate of drug-likeness (QED) is 0.639. The molecule has 0 aromatic carbocycles. The zero-order valence-electron chi connectivity index (χ0n) is 7.69. The molecule has 1 atom stereocenters. The number of carbonyl (C=O) groups is 3. The highest BCUT2D eigenvalue weighted by Gasteiger charge is 2.38. The molecule has 5 nitrogen and oxygen atoms in total. The second-order valence-corrected chi connectivity index (χ2v) is 4.09. The summed E-state index contributed by atoms with van der Waals surface area (Å²) in [5.74, 6) is -1.71. The Kier molecular flexibility index (Phi) is 3.51. The number of hydrogen-bond donors (Lipinski definition) is 0. The van der Waals surface area contributed by atoms with Gasteiger partial charge >= 0.3 is 0 Å². The van der Waals surface area contributed by atoms with E-state index in [9.17, 15) is 19.5 Å². The first-order valence-electron chi connectivity index (χ1n) is 4.28. The predicted octanol–water partition coefficient (Wildman–Crippen LogP) is -0.400. The van der Waals surface area contributed by atoms with Gasteiger partial charge in [0.2, 0.25) is 5.91 Å². The maximum atomic E-state index is 11.4. The molecule has 14 heavy (non-hydrogen) atoms. The van der Waals surface area contributed by atoms with Crippen LogP contribution in [0.15, 0.2) is 0 Å². The number of carboxylic acid groups (broad SMARTS) is 1. The van der Waals surface area contributed by atoms with Crippen LogP contribution in [-0.4, -0.2) is 33.8 Å². The number of aliphatic carboxylic acids is 1. The van der Waals surface area contributed by atoms with Crippen LogP contribution >= 0.6 is 11.8 Å². The zero-order chi connectivity index (χ0) is 10.7. The van der Waals surface area contributed by atoms with E-state index < -0.39 is 23.5 Å². The van der Waals surface area contributed by atoms with E-state index in [1.807, 2.05) is 6.92 Å². The van der Waals surface area contributed by atoms with Crippen molar-refractivity contribution in [3.8, 4) is 0 Å². The molecule has 6 heteroatoms. The summed E-state index contributed by atoms with van der Waals surface area (Å²) in [6.07, 6.45) is 0.283. The molecule has 1 aliphatic heterocycles. The topological polar surface area (TPSA) is 77.5 Å². The van der Waals surface area contributed by atoms with Gasteiger partial charge in [-0.2, -0.15) is 0 Å². The predicted molar refractivity (Wildman–Crippen MR) is 48.4 cm³/mol. The molecule has 0 spiro atoms. The molecule has 1 heterocycles. The highest BCUT2D eigenvalue weighted by molar-refractivity contribution is 8.15. The van der Waals surface area contributed by atoms with E-state index in [-0.39, 0.29) is 5.24 Å². The molecule has 0 N–H and O–H groups in total. The molecule has 1 saturated heterocycles. The van der Waals surface area contributed by atoms with Gasteiger partial charge in [0.25, 0.3) is 5.24 Å². The molecule has 0 saturated carbocycles. The molecule has 0 aromatic heterocycles. The fraction of sp³-hybridized carbons (Fsp3) is 0.625. The van der Waals surface area contributed by atoms with E-state index >= 15 is 0 Å². The molecule has 0 aliphatic carbocycles. The fourth-order valence-corrected chi connectivity index (χ4v) is 2.20. The lowest BCUT2D eigenvalue weighted by Crippen LogP contribution is -2.35. The number of carbonyl (C=O) groups excluding carboxylic acids is 3. The van der Waals surface area contributed by atoms with E-state index in [2.05, 4.69) is 0 Å². The van der Waals surface area contributed by atoms with Crippen molar-refractivity contribution >= 4 is 28.9 Å². The van der Waals surface area contributed by atoms with Crippen LogP contribution in [0.5, 0.6) is 0 Å². The molecule has 0 bridgehead atoms. The summed E-state index contributed by atoms with van der Waals surface area (Å²) in [6, 6.07) is 0. The smallest absolute Gasteiger partial charge is 0.289 e. The minimum atomic E-state index is -1.30. The number of amides is 2. The number of imide groups is 1. The second kappa shape index (κ2) is 4.45. The van der Waals surface area contributed by atoms with Crippen LogP contribution in [-0.2, 0) is 9.59 Å². The number of thioether (sulfide) groups is 1. The molecule has 1 rings (SSSR count). The molecule has 1 aliphatic rings. The van der Waals surface area contributed by atoms with Crippen molar-refractivity contribution in [2.45, 2.75) is 25.0 Å². The molecule has 0 aromatic rings. The summed E-state index contributed by atoms with van der Waals surface area (Å²) < 4.78 is 0. The van der Waals surface area contributed by atoms with Gasteiger partial charge in [-0.15, -0.1) is 0 Å². The van der Waals surface area contributed by atoms with Crippen molar-refractivity contribution in [2.24, 2.45) is 0 Å². The lowest BCUT2D eigenvalue weighted by Gasteiger charge is -2.12. The molecule has 78 valence electrons. The van der Waals surface area contributed by atoms with Gasteiger partial charge in [0.05, 0.1) is 5.25 Å². The largest absolute Gasteiger partial charge is 0.550 e. The highest BCUT2D eigenvalue weighted by atomic mass is 32.2. The molecule has 2 amide bonds. The summed E-state index contributed by atoms with van der Waals surface area (Å²) >= 11 is 0.767. The molecule has 0 radical (unpaired) electrons. The second-order valence-electron chi connectivity index (χ2n) is 2.94. The average Bonchev–Trinajstić information content (AvgIpc) is 2.32. The molecular formula is C8H10NO4S-. The number of carboxylic acids is 1. The van der Waals surface area contributed by atoms with Crippen molar-refractivity contribution in [1.82, 2.24) is 4.90 Å². The Bertz CT molecular complexity index is 279. The summed E-state index contributed by atoms with van der Waals surface area (Å²) in [6.45, 7) is 2.20. The third-order valence-corrected chi connectivity index (χ3v) is 2.88. The molecular weight excluding hydrogens is 206 g/mol. The van der Waals surface area contributed by atoms with Crippen molar-refractivity contribution in [3.05, 3.63) is 0 Å². The third-order valence-electron chi connectivity index (χ3n) is 1.80. The van der Waals surface area contributed by atoms with Gasteiger partial charge in [-0.3, -0.25) is 14.5 Å². The standard InChI is InChI=1S/C8H11NO4S/c1-2-3-9-7(12)5(4-6(10)11)14-8(9)13/h5H,2-4H2,1H3,(H,10,11)/p-1. The van der Waals surface area contributed by atoms with Crippen molar-refractivity contribution in [2.75, 3.05) is 6.54 Å². The monoisotopic (exact) mass is 216 g/mol. The van der Waals surface area contributed by atoms with Crippen LogP contribution in [0.3, 0.4) is 0 Å². The maximum absolute atomic E-state index is 11.4. The van der Waals surface area contributed by atoms with Gasteiger partial charge in [0.15, 0.2) is 0 Å². The van der Waals surface area contributed by atoms with E-state index in [1.165, 1.54) is 0 Å². The van der Waals surface area contributed by atoms with Gasteiger partial charge in [0.1, 0.15) is 0 Å². The Morgan fingerprint density at radius 1 is 1.57 bits per heavy atom. The van der Waals surface area contributed by atoms with Crippen molar-refractivity contribution in [1.29, 1.82) is 0 Å². The van der Waals surface area contributed by atoms with E-state index in [0.29, 0.717) is 13.0 Å². The first kappa shape index (κ1) is 11.0. The Morgan fingerprint density at radius 2 is 2.21 bits per heavy atom. The van der Waals surface area contributed by atoms with Crippen LogP contribution < -0.4 is 5.11 Å². The van der Waals surface area contributed by atoms with Gasteiger partial charge in [-0.25, -0.2) is 0 Å². The van der Waals surface area contributed by atoms with Gasteiger partial charge < -0.3 is 9.90 Å². The average molecular weight is 216 g/mol. The highest BCUT2D eigenvalue weighted by Crippen LogP contribution is 2.28. The van der Waals surface area contributed by atoms with E-state index in [1.54, 1.807) is 0 Å². The zero-order valence-corrected chi connectivity index (χ0v) is 8.50. The first-order chi connectivity index (χ1) is 6.56. The maximum Gasteiger partial charge on any atom is 0.289 e. The lowest BCUT2D eigenvalue weighted by molar-refractivity contribution is -0.305. The Hall–Kier alpha value is -1.04. The van der Waals surface area contributed by atoms with Crippen molar-refractivity contribution in [3.63, 3.8) is 0 Å². The normalized spacial score (nSPS) is 21.8. The molecule has 1 fully saturated rings. The minimum Gasteiger partial charge on any atom is -0.550 e. The Morgan fingerprint density at radius 3 is 2.71 bits per heavy atom. The van der Waals surface area contributed by atoms with Crippen LogP contribution in [0.4, 0.5) is 4.79 Å². The number of rotatable bonds is 4. The summed E-state index contributed by atoms with van der Waals surface area (Å²) in [5, 5.41) is 9.11. The van der Waals surface area contributed by atoms with Crippen LogP contribution in [0.25, 0.3) is 0 Å². The van der Waals surface area contributed by atoms with Gasteiger partial charge in [-0.1, -0.05) is 18.7 Å². The third kappa shape index (κ3) is 2.25. The van der Waals surface area contributed by atoms with E-state index in [4.69, 9.17) is 0 Å². The van der Waals surface area contributed by atoms with Crippen LogP contribution in [0.1, 0.15) is 19.8 Å². The lowest BCUT2D eigenvalue weighted by atomic mass is 10.2. The van der Waals surface area contributed by atoms with Gasteiger partial charge in [-0.05, 0) is 6.42 Å². The SMILES string of the molecule is CCCN1C(=O)SC(CC(=O)[O-])C1=O. The Balaban J connectivity index is 2.64. The number of hydrogen-bond acceptors (Lipinski definition) is 5. The van der Waals surface area contributed by atoms with Crippen molar-refractivity contribution < 1.29 is 19.5 Å².